The molecule has 0 amide bonds. The largest absolute Gasteiger partial charge is 0.494 e. The van der Waals surface area contributed by atoms with Gasteiger partial charge in [0.05, 0.1) is 13.2 Å². The Morgan fingerprint density at radius 2 is 2.00 bits per heavy atom. The predicted octanol–water partition coefficient (Wildman–Crippen LogP) is 3.90. The lowest BCUT2D eigenvalue weighted by atomic mass is 10.2. The van der Waals surface area contributed by atoms with Crippen LogP contribution in [0.4, 0.5) is 0 Å². The van der Waals surface area contributed by atoms with Crippen LogP contribution in [0.1, 0.15) is 33.3 Å². The highest BCUT2D eigenvalue weighted by atomic mass is 127. The summed E-state index contributed by atoms with van der Waals surface area (Å²) in [5.41, 5.74) is 1.15. The first-order valence-electron chi connectivity index (χ1n) is 7.79. The summed E-state index contributed by atoms with van der Waals surface area (Å²) in [6.07, 6.45) is 2.13. The molecule has 0 atom stereocenters. The minimum absolute atomic E-state index is 0. The van der Waals surface area contributed by atoms with Crippen molar-refractivity contribution >= 4 is 41.7 Å². The molecule has 0 heterocycles. The van der Waals surface area contributed by atoms with E-state index in [9.17, 15) is 0 Å². The van der Waals surface area contributed by atoms with Crippen LogP contribution in [0.15, 0.2) is 29.3 Å². The van der Waals surface area contributed by atoms with E-state index in [-0.39, 0.29) is 28.7 Å². The van der Waals surface area contributed by atoms with Crippen LogP contribution >= 0.6 is 35.7 Å². The minimum Gasteiger partial charge on any atom is -0.494 e. The van der Waals surface area contributed by atoms with Gasteiger partial charge in [0, 0.05) is 17.8 Å². The number of guanidine groups is 1. The lowest BCUT2D eigenvalue weighted by molar-refractivity contribution is 0.340. The van der Waals surface area contributed by atoms with Crippen LogP contribution in [0, 0.1) is 0 Å². The first-order chi connectivity index (χ1) is 10.5. The number of hydrogen-bond donors (Lipinski definition) is 2. The van der Waals surface area contributed by atoms with Gasteiger partial charge in [0.15, 0.2) is 5.96 Å². The van der Waals surface area contributed by atoms with Gasteiger partial charge >= 0.3 is 0 Å². The molecule has 0 bridgehead atoms. The summed E-state index contributed by atoms with van der Waals surface area (Å²) in [6.45, 7) is 11.6. The van der Waals surface area contributed by atoms with E-state index in [1.807, 2.05) is 36.9 Å². The second-order valence-electron chi connectivity index (χ2n) is 5.59. The third-order valence-corrected chi connectivity index (χ3v) is 4.46. The van der Waals surface area contributed by atoms with Crippen LogP contribution in [0.3, 0.4) is 0 Å². The highest BCUT2D eigenvalue weighted by Gasteiger charge is 2.15. The Hall–Kier alpha value is -0.630. The molecule has 0 unspecified atom stereocenters. The summed E-state index contributed by atoms with van der Waals surface area (Å²) >= 11 is 1.85. The van der Waals surface area contributed by atoms with Crippen molar-refractivity contribution in [2.45, 2.75) is 39.0 Å². The third-order valence-electron chi connectivity index (χ3n) is 3.21. The maximum absolute atomic E-state index is 5.53. The number of rotatable bonds is 8. The third kappa shape index (κ3) is 9.30. The SMILES string of the molecule is CCNC(=NCc1cccc(OCC)c1)NCC(C)(C)SC.I. The van der Waals surface area contributed by atoms with E-state index in [1.54, 1.807) is 0 Å². The lowest BCUT2D eigenvalue weighted by Crippen LogP contribution is -2.43. The van der Waals surface area contributed by atoms with Gasteiger partial charge in [0.2, 0.25) is 0 Å². The standard InChI is InChI=1S/C17H29N3OS.HI/c1-6-18-16(20-13-17(3,4)22-5)19-12-14-9-8-10-15(11-14)21-7-2;/h8-11H,6-7,12-13H2,1-5H3,(H2,18,19,20);1H. The van der Waals surface area contributed by atoms with Gasteiger partial charge in [-0.25, -0.2) is 4.99 Å². The maximum atomic E-state index is 5.53. The van der Waals surface area contributed by atoms with Gasteiger partial charge in [-0.15, -0.1) is 24.0 Å². The van der Waals surface area contributed by atoms with E-state index in [2.05, 4.69) is 48.7 Å². The molecular formula is C17H30IN3OS. The quantitative estimate of drug-likeness (QED) is 0.358. The molecule has 1 aromatic rings. The van der Waals surface area contributed by atoms with Crippen molar-refractivity contribution in [3.8, 4) is 5.75 Å². The summed E-state index contributed by atoms with van der Waals surface area (Å²) < 4.78 is 5.71. The smallest absolute Gasteiger partial charge is 0.191 e. The molecule has 0 saturated heterocycles. The zero-order valence-electron chi connectivity index (χ0n) is 14.8. The zero-order valence-corrected chi connectivity index (χ0v) is 18.0. The van der Waals surface area contributed by atoms with Crippen molar-refractivity contribution < 1.29 is 4.74 Å². The molecule has 0 spiro atoms. The van der Waals surface area contributed by atoms with Crippen LogP contribution in [0.2, 0.25) is 0 Å². The molecule has 2 N–H and O–H groups in total. The highest BCUT2D eigenvalue weighted by molar-refractivity contribution is 14.0. The van der Waals surface area contributed by atoms with E-state index in [4.69, 9.17) is 4.74 Å². The normalized spacial score (nSPS) is 11.6. The number of nitrogens with zero attached hydrogens (tertiary/aromatic N) is 1. The minimum atomic E-state index is 0. The van der Waals surface area contributed by atoms with E-state index >= 15 is 0 Å². The first-order valence-corrected chi connectivity index (χ1v) is 9.02. The Kier molecular flexibility index (Phi) is 11.5. The second-order valence-corrected chi connectivity index (χ2v) is 7.11. The highest BCUT2D eigenvalue weighted by Crippen LogP contribution is 2.19. The molecule has 4 nitrogen and oxygen atoms in total. The van der Waals surface area contributed by atoms with Crippen LogP contribution < -0.4 is 15.4 Å². The first kappa shape index (κ1) is 22.4. The van der Waals surface area contributed by atoms with E-state index in [1.165, 1.54) is 0 Å². The molecule has 0 fully saturated rings. The molecule has 0 aliphatic carbocycles. The van der Waals surface area contributed by atoms with Crippen molar-refractivity contribution in [3.05, 3.63) is 29.8 Å². The Morgan fingerprint density at radius 1 is 1.26 bits per heavy atom. The Balaban J connectivity index is 0.00000484. The van der Waals surface area contributed by atoms with Crippen molar-refractivity contribution in [1.29, 1.82) is 0 Å². The molecule has 0 saturated carbocycles. The molecule has 23 heavy (non-hydrogen) atoms. The van der Waals surface area contributed by atoms with E-state index in [0.29, 0.717) is 13.2 Å². The number of hydrogen-bond acceptors (Lipinski definition) is 3. The van der Waals surface area contributed by atoms with Crippen LogP contribution in [0.5, 0.6) is 5.75 Å². The van der Waals surface area contributed by atoms with Gasteiger partial charge in [-0.3, -0.25) is 0 Å². The predicted molar refractivity (Wildman–Crippen MR) is 113 cm³/mol. The van der Waals surface area contributed by atoms with Crippen LogP contribution in [0.25, 0.3) is 0 Å². The van der Waals surface area contributed by atoms with Gasteiger partial charge in [-0.1, -0.05) is 12.1 Å². The number of thioether (sulfide) groups is 1. The fourth-order valence-corrected chi connectivity index (χ4v) is 2.00. The number of ether oxygens (including phenoxy) is 1. The molecule has 1 rings (SSSR count). The molecule has 132 valence electrons. The number of aliphatic imine (C=N–C) groups is 1. The van der Waals surface area contributed by atoms with Gasteiger partial charge in [0.1, 0.15) is 5.75 Å². The average molecular weight is 451 g/mol. The van der Waals surface area contributed by atoms with Gasteiger partial charge in [-0.2, -0.15) is 11.8 Å². The van der Waals surface area contributed by atoms with Crippen LogP contribution in [-0.2, 0) is 6.54 Å². The van der Waals surface area contributed by atoms with Crippen molar-refractivity contribution in [2.24, 2.45) is 4.99 Å². The lowest BCUT2D eigenvalue weighted by Gasteiger charge is -2.23. The summed E-state index contributed by atoms with van der Waals surface area (Å²) in [7, 11) is 0. The Morgan fingerprint density at radius 3 is 2.61 bits per heavy atom. The molecule has 1 aromatic carbocycles. The monoisotopic (exact) mass is 451 g/mol. The molecular weight excluding hydrogens is 421 g/mol. The number of halogens is 1. The zero-order chi connectivity index (χ0) is 16.4. The summed E-state index contributed by atoms with van der Waals surface area (Å²) in [4.78, 5) is 4.65. The molecule has 6 heteroatoms. The fraction of sp³-hybridized carbons (Fsp3) is 0.588. The van der Waals surface area contributed by atoms with E-state index in [0.717, 1.165) is 30.4 Å². The summed E-state index contributed by atoms with van der Waals surface area (Å²) in [5, 5.41) is 6.70. The summed E-state index contributed by atoms with van der Waals surface area (Å²) in [6, 6.07) is 8.10. The van der Waals surface area contributed by atoms with E-state index < -0.39 is 0 Å². The Bertz CT molecular complexity index is 481. The molecule has 0 aromatic heterocycles. The maximum Gasteiger partial charge on any atom is 0.191 e. The van der Waals surface area contributed by atoms with Crippen molar-refractivity contribution in [1.82, 2.24) is 10.6 Å². The molecule has 0 aliphatic rings. The fourth-order valence-electron chi connectivity index (χ4n) is 1.78. The topological polar surface area (TPSA) is 45.7 Å². The van der Waals surface area contributed by atoms with Gasteiger partial charge < -0.3 is 15.4 Å². The van der Waals surface area contributed by atoms with Crippen molar-refractivity contribution in [2.75, 3.05) is 26.0 Å². The number of nitrogens with one attached hydrogen (secondary N) is 2. The summed E-state index contributed by atoms with van der Waals surface area (Å²) in [5.74, 6) is 1.75. The molecule has 0 aliphatic heterocycles. The van der Waals surface area contributed by atoms with Gasteiger partial charge in [0.25, 0.3) is 0 Å². The number of benzene rings is 1. The average Bonchev–Trinajstić information content (AvgIpc) is 2.51. The van der Waals surface area contributed by atoms with Gasteiger partial charge in [-0.05, 0) is 51.6 Å². The second kappa shape index (κ2) is 11.8. The molecule has 0 radical (unpaired) electrons. The van der Waals surface area contributed by atoms with Crippen molar-refractivity contribution in [3.63, 3.8) is 0 Å². The van der Waals surface area contributed by atoms with Crippen LogP contribution in [-0.4, -0.2) is 36.7 Å². The Labute approximate surface area is 162 Å².